The van der Waals surface area contributed by atoms with Crippen LogP contribution in [0.5, 0.6) is 0 Å². The van der Waals surface area contributed by atoms with Crippen molar-refractivity contribution in [3.05, 3.63) is 47.4 Å². The van der Waals surface area contributed by atoms with E-state index in [0.717, 1.165) is 49.1 Å². The van der Waals surface area contributed by atoms with Crippen molar-refractivity contribution in [1.29, 1.82) is 0 Å². The second-order valence-corrected chi connectivity index (χ2v) is 6.37. The Kier molecular flexibility index (Phi) is 3.78. The minimum absolute atomic E-state index is 0.391. The Labute approximate surface area is 139 Å². The van der Waals surface area contributed by atoms with E-state index in [-0.39, 0.29) is 0 Å². The number of carbonyl (C=O) groups is 1. The van der Waals surface area contributed by atoms with Crippen LogP contribution < -0.4 is 11.1 Å². The summed E-state index contributed by atoms with van der Waals surface area (Å²) in [5, 5.41) is 15.9. The Bertz CT molecular complexity index is 880. The lowest BCUT2D eigenvalue weighted by atomic mass is 9.94. The zero-order valence-corrected chi connectivity index (χ0v) is 13.3. The maximum Gasteiger partial charge on any atom is 0.252 e. The third kappa shape index (κ3) is 2.78. The minimum Gasteiger partial charge on any atom is -0.365 e. The molecule has 7 nitrogen and oxygen atoms in total. The molecule has 1 atom stereocenters. The number of aryl methyl sites for hydroxylation is 1. The van der Waals surface area contributed by atoms with Gasteiger partial charge < -0.3 is 11.1 Å². The van der Waals surface area contributed by atoms with Crippen LogP contribution in [-0.4, -0.2) is 32.4 Å². The van der Waals surface area contributed by atoms with Gasteiger partial charge in [0.2, 0.25) is 0 Å². The summed E-state index contributed by atoms with van der Waals surface area (Å²) in [5.41, 5.74) is 9.24. The summed E-state index contributed by atoms with van der Waals surface area (Å²) in [4.78, 5) is 11.5. The monoisotopic (exact) mass is 324 g/mol. The molecule has 2 aromatic heterocycles. The maximum absolute atomic E-state index is 11.5. The summed E-state index contributed by atoms with van der Waals surface area (Å²) in [7, 11) is 0. The summed E-state index contributed by atoms with van der Waals surface area (Å²) in [6, 6.07) is 6.32. The quantitative estimate of drug-likeness (QED) is 0.656. The van der Waals surface area contributed by atoms with Gasteiger partial charge in [0.25, 0.3) is 5.91 Å². The molecule has 4 N–H and O–H groups in total. The number of primary amides is 1. The molecule has 0 fully saturated rings. The van der Waals surface area contributed by atoms with Gasteiger partial charge in [-0.3, -0.25) is 14.6 Å². The first kappa shape index (κ1) is 14.9. The van der Waals surface area contributed by atoms with Gasteiger partial charge in [0.15, 0.2) is 0 Å². The molecule has 24 heavy (non-hydrogen) atoms. The molecule has 0 unspecified atom stereocenters. The molecule has 3 aromatic rings. The van der Waals surface area contributed by atoms with Gasteiger partial charge in [-0.05, 0) is 36.9 Å². The van der Waals surface area contributed by atoms with Crippen LogP contribution >= 0.6 is 0 Å². The number of nitrogens with two attached hydrogens (primary N) is 1. The van der Waals surface area contributed by atoms with Crippen molar-refractivity contribution >= 4 is 16.8 Å². The van der Waals surface area contributed by atoms with Crippen molar-refractivity contribution in [1.82, 2.24) is 25.3 Å². The number of aromatic amines is 1. The number of H-pyrrole nitrogens is 1. The maximum atomic E-state index is 11.5. The number of nitrogens with one attached hydrogen (secondary N) is 2. The molecular formula is C17H20N6O. The Morgan fingerprint density at radius 2 is 2.33 bits per heavy atom. The zero-order chi connectivity index (χ0) is 16.5. The van der Waals surface area contributed by atoms with E-state index in [1.807, 2.05) is 10.9 Å². The molecule has 1 aromatic carbocycles. The van der Waals surface area contributed by atoms with Crippen molar-refractivity contribution < 1.29 is 4.79 Å². The number of aromatic nitrogens is 4. The molecule has 124 valence electrons. The molecule has 0 saturated carbocycles. The molecule has 1 aliphatic rings. The highest BCUT2D eigenvalue weighted by atomic mass is 16.1. The number of rotatable bonds is 5. The number of nitrogens with zero attached hydrogens (tertiary/aromatic N) is 3. The van der Waals surface area contributed by atoms with Crippen LogP contribution in [0.2, 0.25) is 0 Å². The third-order valence-electron chi connectivity index (χ3n) is 4.71. The molecule has 4 rings (SSSR count). The van der Waals surface area contributed by atoms with E-state index >= 15 is 0 Å². The Balaban J connectivity index is 1.36. The van der Waals surface area contributed by atoms with Gasteiger partial charge in [-0.15, -0.1) is 0 Å². The summed E-state index contributed by atoms with van der Waals surface area (Å²) < 4.78 is 1.91. The van der Waals surface area contributed by atoms with Gasteiger partial charge in [-0.25, -0.2) is 0 Å². The average molecular weight is 324 g/mol. The SMILES string of the molecule is NC(=O)c1cnn2c1C[C@H](CNCc1ccc3cn[nH]c3c1)CC2. The largest absolute Gasteiger partial charge is 0.365 e. The molecule has 1 aliphatic heterocycles. The number of hydrogen-bond acceptors (Lipinski definition) is 4. The van der Waals surface area contributed by atoms with E-state index in [4.69, 9.17) is 5.73 Å². The van der Waals surface area contributed by atoms with Crippen LogP contribution in [0.1, 0.15) is 28.0 Å². The van der Waals surface area contributed by atoms with Gasteiger partial charge in [0.05, 0.1) is 29.2 Å². The number of carbonyl (C=O) groups excluding carboxylic acids is 1. The number of hydrogen-bond donors (Lipinski definition) is 3. The number of fused-ring (bicyclic) bond motifs is 2. The van der Waals surface area contributed by atoms with Crippen LogP contribution in [0, 0.1) is 5.92 Å². The number of amides is 1. The normalized spacial score (nSPS) is 17.1. The smallest absolute Gasteiger partial charge is 0.252 e. The Hall–Kier alpha value is -2.67. The van der Waals surface area contributed by atoms with Crippen molar-refractivity contribution in [2.45, 2.75) is 25.9 Å². The fourth-order valence-corrected chi connectivity index (χ4v) is 3.39. The van der Waals surface area contributed by atoms with Crippen molar-refractivity contribution in [3.63, 3.8) is 0 Å². The van der Waals surface area contributed by atoms with Crippen LogP contribution in [0.3, 0.4) is 0 Å². The molecule has 0 saturated heterocycles. The van der Waals surface area contributed by atoms with Crippen LogP contribution in [0.15, 0.2) is 30.6 Å². The van der Waals surface area contributed by atoms with Crippen LogP contribution in [0.4, 0.5) is 0 Å². The average Bonchev–Trinajstić information content (AvgIpc) is 3.20. The van der Waals surface area contributed by atoms with E-state index in [0.29, 0.717) is 11.5 Å². The molecule has 0 bridgehead atoms. The fourth-order valence-electron chi connectivity index (χ4n) is 3.39. The van der Waals surface area contributed by atoms with Gasteiger partial charge in [0.1, 0.15) is 0 Å². The highest BCUT2D eigenvalue weighted by Crippen LogP contribution is 2.22. The van der Waals surface area contributed by atoms with E-state index in [1.54, 1.807) is 6.20 Å². The van der Waals surface area contributed by atoms with Gasteiger partial charge in [-0.1, -0.05) is 12.1 Å². The molecule has 1 amide bonds. The van der Waals surface area contributed by atoms with E-state index in [9.17, 15) is 4.79 Å². The van der Waals surface area contributed by atoms with E-state index in [2.05, 4.69) is 38.8 Å². The molecule has 3 heterocycles. The highest BCUT2D eigenvalue weighted by molar-refractivity contribution is 5.93. The first-order valence-corrected chi connectivity index (χ1v) is 8.18. The van der Waals surface area contributed by atoms with Crippen molar-refractivity contribution in [2.24, 2.45) is 11.7 Å². The third-order valence-corrected chi connectivity index (χ3v) is 4.71. The molecule has 0 aliphatic carbocycles. The summed E-state index contributed by atoms with van der Waals surface area (Å²) in [6.45, 7) is 2.56. The Morgan fingerprint density at radius 1 is 1.42 bits per heavy atom. The molecule has 7 heteroatoms. The second-order valence-electron chi connectivity index (χ2n) is 6.37. The lowest BCUT2D eigenvalue weighted by Crippen LogP contribution is -2.30. The highest BCUT2D eigenvalue weighted by Gasteiger charge is 2.23. The Morgan fingerprint density at radius 3 is 3.21 bits per heavy atom. The van der Waals surface area contributed by atoms with Gasteiger partial charge in [-0.2, -0.15) is 10.2 Å². The molecule has 0 radical (unpaired) electrons. The first-order chi connectivity index (χ1) is 11.7. The summed E-state index contributed by atoms with van der Waals surface area (Å²) in [5.74, 6) is 0.0981. The predicted octanol–water partition coefficient (Wildman–Crippen LogP) is 1.21. The molecule has 0 spiro atoms. The van der Waals surface area contributed by atoms with Crippen molar-refractivity contribution in [3.8, 4) is 0 Å². The first-order valence-electron chi connectivity index (χ1n) is 8.18. The topological polar surface area (TPSA) is 102 Å². The van der Waals surface area contributed by atoms with Gasteiger partial charge in [0, 0.05) is 18.5 Å². The lowest BCUT2D eigenvalue weighted by Gasteiger charge is -2.24. The van der Waals surface area contributed by atoms with Crippen molar-refractivity contribution in [2.75, 3.05) is 6.54 Å². The second kappa shape index (κ2) is 6.09. The summed E-state index contributed by atoms with van der Waals surface area (Å²) in [6.07, 6.45) is 5.31. The van der Waals surface area contributed by atoms with E-state index in [1.165, 1.54) is 5.56 Å². The van der Waals surface area contributed by atoms with Gasteiger partial charge >= 0.3 is 0 Å². The van der Waals surface area contributed by atoms with Crippen LogP contribution in [-0.2, 0) is 19.5 Å². The zero-order valence-electron chi connectivity index (χ0n) is 13.3. The fraction of sp³-hybridized carbons (Fsp3) is 0.353. The number of benzene rings is 1. The standard InChI is InChI=1S/C17H20N6O/c18-17(24)14-10-21-23-4-3-12(6-16(14)23)8-19-7-11-1-2-13-9-20-22-15(13)5-11/h1-2,5,9-10,12,19H,3-4,6-8H2,(H2,18,24)(H,20,22)/t12-/m1/s1. The summed E-state index contributed by atoms with van der Waals surface area (Å²) >= 11 is 0. The minimum atomic E-state index is -0.391. The lowest BCUT2D eigenvalue weighted by molar-refractivity contribution is 0.0998. The predicted molar refractivity (Wildman–Crippen MR) is 90.4 cm³/mol. The van der Waals surface area contributed by atoms with Crippen LogP contribution in [0.25, 0.3) is 10.9 Å². The van der Waals surface area contributed by atoms with E-state index < -0.39 is 5.91 Å². The molecular weight excluding hydrogens is 304 g/mol.